The van der Waals surface area contributed by atoms with Gasteiger partial charge in [-0.15, -0.1) is 0 Å². The molecule has 0 fully saturated rings. The van der Waals surface area contributed by atoms with Crippen LogP contribution in [0, 0.1) is 0 Å². The zero-order valence-electron chi connectivity index (χ0n) is 14.0. The molecule has 0 unspecified atom stereocenters. The molecule has 4 rings (SSSR count). The van der Waals surface area contributed by atoms with Crippen LogP contribution in [0.25, 0.3) is 0 Å². The third-order valence-electron chi connectivity index (χ3n) is 4.34. The molecule has 3 aromatic rings. The number of pyridine rings is 1. The number of aromatic nitrogens is 1. The number of rotatable bonds is 4. The summed E-state index contributed by atoms with van der Waals surface area (Å²) in [5.74, 6) is 0.104. The fourth-order valence-corrected chi connectivity index (χ4v) is 3.04. The summed E-state index contributed by atoms with van der Waals surface area (Å²) < 4.78 is 5.19. The topological polar surface area (TPSA) is 75.4 Å². The van der Waals surface area contributed by atoms with Crippen molar-refractivity contribution >= 4 is 17.5 Å². The van der Waals surface area contributed by atoms with Crippen molar-refractivity contribution in [2.75, 3.05) is 11.4 Å². The maximum absolute atomic E-state index is 12.8. The van der Waals surface area contributed by atoms with E-state index in [4.69, 9.17) is 4.42 Å². The van der Waals surface area contributed by atoms with Gasteiger partial charge in [0.25, 0.3) is 11.8 Å². The smallest absolute Gasteiger partial charge is 0.276 e. The standard InChI is InChI=1S/C20H17N3O3/c24-19(21-13-15-6-4-12-26-15)16-7-3-8-17(22-16)20(25)23-11-10-14-5-1-2-9-18(14)23/h1-9,12H,10-11,13H2,(H,21,24). The molecular weight excluding hydrogens is 330 g/mol. The molecule has 1 aliphatic heterocycles. The summed E-state index contributed by atoms with van der Waals surface area (Å²) in [6.45, 7) is 0.889. The number of anilines is 1. The SMILES string of the molecule is O=C(NCc1ccco1)c1cccc(C(=O)N2CCc3ccccc32)n1. The minimum Gasteiger partial charge on any atom is -0.467 e. The van der Waals surface area contributed by atoms with Crippen molar-refractivity contribution in [2.45, 2.75) is 13.0 Å². The lowest BCUT2D eigenvalue weighted by molar-refractivity contribution is 0.0942. The van der Waals surface area contributed by atoms with E-state index in [-0.39, 0.29) is 29.7 Å². The fraction of sp³-hybridized carbons (Fsp3) is 0.150. The summed E-state index contributed by atoms with van der Waals surface area (Å²) in [5, 5.41) is 2.73. The van der Waals surface area contributed by atoms with Crippen LogP contribution in [-0.4, -0.2) is 23.3 Å². The molecule has 6 nitrogen and oxygen atoms in total. The average Bonchev–Trinajstić information content (AvgIpc) is 3.35. The third kappa shape index (κ3) is 3.09. The van der Waals surface area contributed by atoms with Gasteiger partial charge in [0.1, 0.15) is 17.1 Å². The fourth-order valence-electron chi connectivity index (χ4n) is 3.04. The molecule has 130 valence electrons. The Morgan fingerprint density at radius 2 is 1.88 bits per heavy atom. The number of carbonyl (C=O) groups excluding carboxylic acids is 2. The van der Waals surface area contributed by atoms with E-state index < -0.39 is 0 Å². The van der Waals surface area contributed by atoms with E-state index in [1.54, 1.807) is 41.5 Å². The summed E-state index contributed by atoms with van der Waals surface area (Å²) in [7, 11) is 0. The molecule has 2 aromatic heterocycles. The van der Waals surface area contributed by atoms with E-state index in [2.05, 4.69) is 10.3 Å². The largest absolute Gasteiger partial charge is 0.467 e. The van der Waals surface area contributed by atoms with Crippen LogP contribution in [0.1, 0.15) is 32.3 Å². The molecule has 0 spiro atoms. The summed E-state index contributed by atoms with van der Waals surface area (Å²) >= 11 is 0. The normalized spacial score (nSPS) is 12.7. The van der Waals surface area contributed by atoms with Crippen LogP contribution in [0.5, 0.6) is 0 Å². The van der Waals surface area contributed by atoms with Crippen molar-refractivity contribution < 1.29 is 14.0 Å². The van der Waals surface area contributed by atoms with Gasteiger partial charge in [-0.2, -0.15) is 0 Å². The first kappa shape index (κ1) is 16.1. The summed E-state index contributed by atoms with van der Waals surface area (Å²) in [5.41, 5.74) is 2.52. The number of amides is 2. The lowest BCUT2D eigenvalue weighted by Crippen LogP contribution is -2.30. The van der Waals surface area contributed by atoms with Gasteiger partial charge in [0, 0.05) is 12.2 Å². The highest BCUT2D eigenvalue weighted by molar-refractivity contribution is 6.06. The van der Waals surface area contributed by atoms with Gasteiger partial charge in [-0.05, 0) is 42.3 Å². The number of nitrogens with zero attached hydrogens (tertiary/aromatic N) is 2. The number of furan rings is 1. The Morgan fingerprint density at radius 1 is 1.04 bits per heavy atom. The van der Waals surface area contributed by atoms with Crippen LogP contribution < -0.4 is 10.2 Å². The quantitative estimate of drug-likeness (QED) is 0.787. The first-order chi connectivity index (χ1) is 12.7. The molecule has 1 N–H and O–H groups in total. The highest BCUT2D eigenvalue weighted by Gasteiger charge is 2.26. The van der Waals surface area contributed by atoms with Crippen LogP contribution in [0.3, 0.4) is 0 Å². The Bertz CT molecular complexity index is 950. The van der Waals surface area contributed by atoms with E-state index >= 15 is 0 Å². The molecule has 0 atom stereocenters. The van der Waals surface area contributed by atoms with E-state index in [1.165, 1.54) is 0 Å². The summed E-state index contributed by atoms with van der Waals surface area (Å²) in [6.07, 6.45) is 2.37. The second-order valence-corrected chi connectivity index (χ2v) is 6.01. The predicted molar refractivity (Wildman–Crippen MR) is 95.9 cm³/mol. The molecular formula is C20H17N3O3. The summed E-state index contributed by atoms with van der Waals surface area (Å²) in [6, 6.07) is 16.3. The molecule has 0 saturated carbocycles. The van der Waals surface area contributed by atoms with Gasteiger partial charge in [-0.1, -0.05) is 24.3 Å². The number of hydrogen-bond acceptors (Lipinski definition) is 4. The molecule has 1 aromatic carbocycles. The van der Waals surface area contributed by atoms with E-state index in [0.717, 1.165) is 17.7 Å². The lowest BCUT2D eigenvalue weighted by Gasteiger charge is -2.17. The second kappa shape index (κ2) is 6.84. The Kier molecular flexibility index (Phi) is 4.23. The predicted octanol–water partition coefficient (Wildman–Crippen LogP) is 2.81. The Balaban J connectivity index is 1.50. The van der Waals surface area contributed by atoms with Gasteiger partial charge in [0.05, 0.1) is 12.8 Å². The maximum atomic E-state index is 12.8. The van der Waals surface area contributed by atoms with Crippen molar-refractivity contribution in [1.82, 2.24) is 10.3 Å². The van der Waals surface area contributed by atoms with Crippen molar-refractivity contribution in [2.24, 2.45) is 0 Å². The van der Waals surface area contributed by atoms with Crippen LogP contribution in [0.2, 0.25) is 0 Å². The van der Waals surface area contributed by atoms with E-state index in [1.807, 2.05) is 24.3 Å². The molecule has 0 bridgehead atoms. The van der Waals surface area contributed by atoms with Crippen molar-refractivity contribution in [3.63, 3.8) is 0 Å². The zero-order chi connectivity index (χ0) is 17.9. The number of benzene rings is 1. The van der Waals surface area contributed by atoms with E-state index in [0.29, 0.717) is 12.3 Å². The van der Waals surface area contributed by atoms with Gasteiger partial charge in [0.2, 0.25) is 0 Å². The van der Waals surface area contributed by atoms with E-state index in [9.17, 15) is 9.59 Å². The molecule has 6 heteroatoms. The Labute approximate surface area is 150 Å². The van der Waals surface area contributed by atoms with Gasteiger partial charge in [0.15, 0.2) is 0 Å². The van der Waals surface area contributed by atoms with Gasteiger partial charge < -0.3 is 14.6 Å². The first-order valence-corrected chi connectivity index (χ1v) is 8.40. The van der Waals surface area contributed by atoms with Crippen LogP contribution >= 0.6 is 0 Å². The molecule has 0 radical (unpaired) electrons. The van der Waals surface area contributed by atoms with Gasteiger partial charge in [-0.25, -0.2) is 4.98 Å². The van der Waals surface area contributed by atoms with Gasteiger partial charge >= 0.3 is 0 Å². The second-order valence-electron chi connectivity index (χ2n) is 6.01. The summed E-state index contributed by atoms with van der Waals surface area (Å²) in [4.78, 5) is 31.1. The average molecular weight is 347 g/mol. The minimum atomic E-state index is -0.349. The molecule has 0 saturated heterocycles. The van der Waals surface area contributed by atoms with Crippen molar-refractivity contribution in [3.05, 3.63) is 83.6 Å². The monoisotopic (exact) mass is 347 g/mol. The maximum Gasteiger partial charge on any atom is 0.276 e. The van der Waals surface area contributed by atoms with Crippen LogP contribution in [-0.2, 0) is 13.0 Å². The van der Waals surface area contributed by atoms with Crippen molar-refractivity contribution in [3.8, 4) is 0 Å². The Morgan fingerprint density at radius 3 is 2.73 bits per heavy atom. The molecule has 3 heterocycles. The Hall–Kier alpha value is -3.41. The number of hydrogen-bond donors (Lipinski definition) is 1. The lowest BCUT2D eigenvalue weighted by atomic mass is 10.2. The number of nitrogens with one attached hydrogen (secondary N) is 1. The molecule has 0 aliphatic carbocycles. The number of para-hydroxylation sites is 1. The van der Waals surface area contributed by atoms with Gasteiger partial charge in [-0.3, -0.25) is 9.59 Å². The molecule has 2 amide bonds. The molecule has 26 heavy (non-hydrogen) atoms. The highest BCUT2D eigenvalue weighted by atomic mass is 16.3. The number of fused-ring (bicyclic) bond motifs is 1. The highest BCUT2D eigenvalue weighted by Crippen LogP contribution is 2.28. The first-order valence-electron chi connectivity index (χ1n) is 8.40. The third-order valence-corrected chi connectivity index (χ3v) is 4.34. The molecule has 1 aliphatic rings. The number of carbonyl (C=O) groups is 2. The minimum absolute atomic E-state index is 0.198. The zero-order valence-corrected chi connectivity index (χ0v) is 14.0. The van der Waals surface area contributed by atoms with Crippen molar-refractivity contribution in [1.29, 1.82) is 0 Å². The van der Waals surface area contributed by atoms with Crippen LogP contribution in [0.4, 0.5) is 5.69 Å². The van der Waals surface area contributed by atoms with Crippen LogP contribution in [0.15, 0.2) is 65.3 Å².